The fourth-order valence-corrected chi connectivity index (χ4v) is 3.82. The summed E-state index contributed by atoms with van der Waals surface area (Å²) in [4.78, 5) is 16.7. The maximum absolute atomic E-state index is 11.1. The third-order valence-electron chi connectivity index (χ3n) is 3.93. The van der Waals surface area contributed by atoms with Crippen LogP contribution in [-0.2, 0) is 16.0 Å². The largest absolute Gasteiger partial charge is 0.481 e. The highest BCUT2D eigenvalue weighted by molar-refractivity contribution is 7.15. The first kappa shape index (κ1) is 12.9. The van der Waals surface area contributed by atoms with Gasteiger partial charge in [-0.05, 0) is 32.6 Å². The zero-order valence-electron chi connectivity index (χ0n) is 10.9. The van der Waals surface area contributed by atoms with Crippen molar-refractivity contribution in [2.24, 2.45) is 0 Å². The molecule has 3 rings (SSSR count). The van der Waals surface area contributed by atoms with Crippen molar-refractivity contribution in [3.05, 3.63) is 10.6 Å². The number of hydrogen-bond donors (Lipinski definition) is 2. The number of fused-ring (bicyclic) bond motifs is 1. The minimum absolute atomic E-state index is 0.109. The molecular weight excluding hydrogens is 264 g/mol. The highest BCUT2D eigenvalue weighted by Gasteiger charge is 2.33. The molecule has 1 aromatic heterocycles. The van der Waals surface area contributed by atoms with E-state index >= 15 is 0 Å². The molecule has 0 amide bonds. The van der Waals surface area contributed by atoms with Crippen LogP contribution in [-0.4, -0.2) is 34.8 Å². The van der Waals surface area contributed by atoms with Crippen LogP contribution < -0.4 is 5.32 Å². The summed E-state index contributed by atoms with van der Waals surface area (Å²) in [6.45, 7) is 3.67. The van der Waals surface area contributed by atoms with Crippen LogP contribution in [0.4, 0.5) is 5.13 Å². The van der Waals surface area contributed by atoms with Crippen molar-refractivity contribution < 1.29 is 14.6 Å². The number of hydrogen-bond acceptors (Lipinski definition) is 5. The Hall–Kier alpha value is -1.14. The molecule has 6 heteroatoms. The van der Waals surface area contributed by atoms with E-state index in [9.17, 15) is 4.79 Å². The Morgan fingerprint density at radius 3 is 3.21 bits per heavy atom. The van der Waals surface area contributed by atoms with E-state index in [2.05, 4.69) is 17.2 Å². The van der Waals surface area contributed by atoms with Crippen molar-refractivity contribution in [3.63, 3.8) is 0 Å². The molecule has 2 atom stereocenters. The molecule has 1 aliphatic heterocycles. The summed E-state index contributed by atoms with van der Waals surface area (Å²) in [5.41, 5.74) is 0.653. The van der Waals surface area contributed by atoms with Crippen molar-refractivity contribution in [2.45, 2.75) is 44.1 Å². The smallest absolute Gasteiger partial charge is 0.312 e. The SMILES string of the molecule is CC1(CNc2nc3c(s2)CCC3C(=O)O)CCCO1. The van der Waals surface area contributed by atoms with Gasteiger partial charge < -0.3 is 15.2 Å². The predicted molar refractivity (Wildman–Crippen MR) is 72.9 cm³/mol. The number of aromatic nitrogens is 1. The fourth-order valence-electron chi connectivity index (χ4n) is 2.78. The molecule has 5 nitrogen and oxygen atoms in total. The molecule has 2 unspecified atom stereocenters. The average molecular weight is 282 g/mol. The minimum Gasteiger partial charge on any atom is -0.481 e. The highest BCUT2D eigenvalue weighted by atomic mass is 32.1. The molecule has 1 aliphatic carbocycles. The van der Waals surface area contributed by atoms with Gasteiger partial charge in [0.05, 0.1) is 11.3 Å². The van der Waals surface area contributed by atoms with E-state index in [0.29, 0.717) is 6.42 Å². The molecule has 1 fully saturated rings. The highest BCUT2D eigenvalue weighted by Crippen LogP contribution is 2.38. The van der Waals surface area contributed by atoms with Crippen LogP contribution in [0.2, 0.25) is 0 Å². The Labute approximate surface area is 116 Å². The fraction of sp³-hybridized carbons (Fsp3) is 0.692. The van der Waals surface area contributed by atoms with Gasteiger partial charge in [-0.25, -0.2) is 4.98 Å². The molecule has 104 valence electrons. The van der Waals surface area contributed by atoms with Crippen molar-refractivity contribution in [1.29, 1.82) is 0 Å². The molecule has 2 N–H and O–H groups in total. The summed E-state index contributed by atoms with van der Waals surface area (Å²) in [5.74, 6) is -1.18. The first-order valence-electron chi connectivity index (χ1n) is 6.68. The number of nitrogens with one attached hydrogen (secondary N) is 1. The Balaban J connectivity index is 1.67. The van der Waals surface area contributed by atoms with Gasteiger partial charge in [-0.15, -0.1) is 11.3 Å². The van der Waals surface area contributed by atoms with Crippen LogP contribution in [0.3, 0.4) is 0 Å². The molecule has 0 radical (unpaired) electrons. The minimum atomic E-state index is -0.762. The van der Waals surface area contributed by atoms with Crippen LogP contribution in [0.15, 0.2) is 0 Å². The van der Waals surface area contributed by atoms with Gasteiger partial charge in [-0.2, -0.15) is 0 Å². The summed E-state index contributed by atoms with van der Waals surface area (Å²) < 4.78 is 5.72. The normalized spacial score (nSPS) is 29.4. The molecule has 0 aromatic carbocycles. The second-order valence-electron chi connectivity index (χ2n) is 5.51. The molecule has 2 heterocycles. The van der Waals surface area contributed by atoms with Crippen LogP contribution in [0.5, 0.6) is 0 Å². The maximum atomic E-state index is 11.1. The van der Waals surface area contributed by atoms with Gasteiger partial charge in [0, 0.05) is 18.0 Å². The molecule has 0 bridgehead atoms. The molecule has 2 aliphatic rings. The molecule has 19 heavy (non-hydrogen) atoms. The second-order valence-corrected chi connectivity index (χ2v) is 6.60. The molecule has 1 aromatic rings. The van der Waals surface area contributed by atoms with Crippen molar-refractivity contribution >= 4 is 22.4 Å². The zero-order valence-corrected chi connectivity index (χ0v) is 11.8. The third kappa shape index (κ3) is 2.47. The lowest BCUT2D eigenvalue weighted by molar-refractivity contribution is -0.138. The van der Waals surface area contributed by atoms with E-state index < -0.39 is 11.9 Å². The van der Waals surface area contributed by atoms with Crippen molar-refractivity contribution in [2.75, 3.05) is 18.5 Å². The van der Waals surface area contributed by atoms with Gasteiger partial charge in [0.2, 0.25) is 0 Å². The third-order valence-corrected chi connectivity index (χ3v) is 5.02. The first-order chi connectivity index (χ1) is 9.07. The number of carboxylic acid groups (broad SMARTS) is 1. The maximum Gasteiger partial charge on any atom is 0.312 e. The Morgan fingerprint density at radius 2 is 2.53 bits per heavy atom. The first-order valence-corrected chi connectivity index (χ1v) is 7.49. The van der Waals surface area contributed by atoms with Crippen LogP contribution >= 0.6 is 11.3 Å². The van der Waals surface area contributed by atoms with Gasteiger partial charge >= 0.3 is 5.97 Å². The van der Waals surface area contributed by atoms with Gasteiger partial charge in [0.15, 0.2) is 5.13 Å². The number of carbonyl (C=O) groups is 1. The quantitative estimate of drug-likeness (QED) is 0.886. The number of nitrogens with zero attached hydrogens (tertiary/aromatic N) is 1. The number of rotatable bonds is 4. The van der Waals surface area contributed by atoms with Gasteiger partial charge in [-0.3, -0.25) is 4.79 Å². The predicted octanol–water partition coefficient (Wildman–Crippen LogP) is 2.24. The number of anilines is 1. The summed E-state index contributed by atoms with van der Waals surface area (Å²) in [6, 6.07) is 0. The number of aryl methyl sites for hydroxylation is 1. The van der Waals surface area contributed by atoms with Crippen LogP contribution in [0.25, 0.3) is 0 Å². The Morgan fingerprint density at radius 1 is 1.68 bits per heavy atom. The number of thiazole rings is 1. The van der Waals surface area contributed by atoms with E-state index in [-0.39, 0.29) is 5.60 Å². The topological polar surface area (TPSA) is 71.5 Å². The molecular formula is C13H18N2O3S. The lowest BCUT2D eigenvalue weighted by Gasteiger charge is -2.23. The summed E-state index contributed by atoms with van der Waals surface area (Å²) in [7, 11) is 0. The molecule has 1 saturated heterocycles. The lowest BCUT2D eigenvalue weighted by atomic mass is 10.0. The lowest BCUT2D eigenvalue weighted by Crippen LogP contribution is -2.32. The van der Waals surface area contributed by atoms with Gasteiger partial charge in [0.25, 0.3) is 0 Å². The summed E-state index contributed by atoms with van der Waals surface area (Å²) in [6.07, 6.45) is 3.68. The van der Waals surface area contributed by atoms with E-state index in [4.69, 9.17) is 9.84 Å². The van der Waals surface area contributed by atoms with Crippen LogP contribution in [0, 0.1) is 0 Å². The standard InChI is InChI=1S/C13H18N2O3S/c1-13(5-2-6-18-13)7-14-12-15-10-8(11(16)17)3-4-9(10)19-12/h8H,2-7H2,1H3,(H,14,15)(H,16,17). The zero-order chi connectivity index (χ0) is 13.5. The summed E-state index contributed by atoms with van der Waals surface area (Å²) >= 11 is 1.58. The van der Waals surface area contributed by atoms with E-state index in [1.54, 1.807) is 11.3 Å². The number of ether oxygens (including phenoxy) is 1. The van der Waals surface area contributed by atoms with E-state index in [0.717, 1.165) is 48.1 Å². The van der Waals surface area contributed by atoms with E-state index in [1.807, 2.05) is 0 Å². The second kappa shape index (κ2) is 4.76. The number of aliphatic carboxylic acids is 1. The molecule has 0 spiro atoms. The van der Waals surface area contributed by atoms with Gasteiger partial charge in [-0.1, -0.05) is 0 Å². The van der Waals surface area contributed by atoms with Crippen LogP contribution in [0.1, 0.15) is 42.7 Å². The Bertz CT molecular complexity index is 494. The average Bonchev–Trinajstić information content (AvgIpc) is 3.00. The van der Waals surface area contributed by atoms with Crippen molar-refractivity contribution in [3.8, 4) is 0 Å². The van der Waals surface area contributed by atoms with Gasteiger partial charge in [0.1, 0.15) is 5.92 Å². The Kier molecular flexibility index (Phi) is 3.22. The van der Waals surface area contributed by atoms with Crippen molar-refractivity contribution in [1.82, 2.24) is 4.98 Å². The number of carboxylic acids is 1. The van der Waals surface area contributed by atoms with E-state index in [1.165, 1.54) is 0 Å². The molecule has 0 saturated carbocycles. The monoisotopic (exact) mass is 282 g/mol. The summed E-state index contributed by atoms with van der Waals surface area (Å²) in [5, 5.41) is 13.3.